The van der Waals surface area contributed by atoms with Crippen molar-refractivity contribution in [2.75, 3.05) is 5.32 Å². The van der Waals surface area contributed by atoms with Crippen LogP contribution in [0.2, 0.25) is 0 Å². The molecule has 4 heteroatoms. The van der Waals surface area contributed by atoms with Crippen molar-refractivity contribution in [1.82, 2.24) is 4.57 Å². The predicted octanol–water partition coefficient (Wildman–Crippen LogP) is 11.3. The van der Waals surface area contributed by atoms with Gasteiger partial charge in [-0.2, -0.15) is 0 Å². The highest BCUT2D eigenvalue weighted by atomic mass is 16.3. The predicted molar refractivity (Wildman–Crippen MR) is 198 cm³/mol. The van der Waals surface area contributed by atoms with Crippen LogP contribution in [-0.4, -0.2) is 10.3 Å². The Bertz CT molecular complexity index is 2640. The quantitative estimate of drug-likeness (QED) is 0.214. The number of nitrogens with one attached hydrogen (secondary N) is 1. The maximum Gasteiger partial charge on any atom is 0.159 e. The molecule has 4 nitrogen and oxygen atoms in total. The SMILES string of the molecule is c1ccc(-c2ccc(C3=NC(c4cccc5oc6c(-n7c8ccccc8c8ccccc87)cccc6c45)Nc4ccccc43)cc2)cc1. The highest BCUT2D eigenvalue weighted by molar-refractivity contribution is 6.18. The van der Waals surface area contributed by atoms with E-state index in [0.29, 0.717) is 0 Å². The van der Waals surface area contributed by atoms with Gasteiger partial charge in [0.25, 0.3) is 0 Å². The summed E-state index contributed by atoms with van der Waals surface area (Å²) in [6.07, 6.45) is -0.301. The normalized spacial score (nSPS) is 14.3. The number of aromatic nitrogens is 1. The molecule has 2 aromatic heterocycles. The zero-order chi connectivity index (χ0) is 31.6. The molecule has 0 amide bonds. The number of hydrogen-bond acceptors (Lipinski definition) is 3. The first-order valence-corrected chi connectivity index (χ1v) is 16.3. The van der Waals surface area contributed by atoms with Crippen LogP contribution in [0.15, 0.2) is 173 Å². The number of fused-ring (bicyclic) bond motifs is 7. The number of aliphatic imine (C=N–C) groups is 1. The topological polar surface area (TPSA) is 42.5 Å². The van der Waals surface area contributed by atoms with Crippen LogP contribution >= 0.6 is 0 Å². The molecule has 0 fully saturated rings. The van der Waals surface area contributed by atoms with Crippen molar-refractivity contribution in [3.8, 4) is 16.8 Å². The Morgan fingerprint density at radius 3 is 1.94 bits per heavy atom. The average Bonchev–Trinajstić information content (AvgIpc) is 3.71. The summed E-state index contributed by atoms with van der Waals surface area (Å²) < 4.78 is 9.11. The second kappa shape index (κ2) is 10.6. The number of para-hydroxylation sites is 4. The minimum Gasteiger partial charge on any atom is -0.454 e. The summed E-state index contributed by atoms with van der Waals surface area (Å²) in [7, 11) is 0. The zero-order valence-corrected chi connectivity index (χ0v) is 26.0. The third kappa shape index (κ3) is 4.06. The lowest BCUT2D eigenvalue weighted by atomic mass is 9.95. The summed E-state index contributed by atoms with van der Waals surface area (Å²) >= 11 is 0. The fraction of sp³-hybridized carbons (Fsp3) is 0.0227. The van der Waals surface area contributed by atoms with Gasteiger partial charge < -0.3 is 14.3 Å². The van der Waals surface area contributed by atoms with Gasteiger partial charge in [0.15, 0.2) is 5.58 Å². The van der Waals surface area contributed by atoms with Crippen molar-refractivity contribution in [2.24, 2.45) is 4.99 Å². The molecule has 3 heterocycles. The van der Waals surface area contributed by atoms with Gasteiger partial charge in [-0.1, -0.05) is 133 Å². The maximum atomic E-state index is 6.78. The van der Waals surface area contributed by atoms with Gasteiger partial charge in [0.05, 0.1) is 22.4 Å². The lowest BCUT2D eigenvalue weighted by molar-refractivity contribution is 0.665. The number of nitrogens with zero attached hydrogens (tertiary/aromatic N) is 2. The van der Waals surface area contributed by atoms with E-state index in [-0.39, 0.29) is 6.17 Å². The van der Waals surface area contributed by atoms with E-state index in [1.165, 1.54) is 21.9 Å². The molecule has 226 valence electrons. The standard InChI is InChI=1S/C44H29N3O/c1-2-12-28(13-3-1)29-24-26-30(27-25-29)42-33-16-4-7-19-36(33)45-44(46-42)35-18-11-23-40-41(35)34-17-10-22-39(43(34)48-40)47-37-20-8-5-14-31(37)32-15-6-9-21-38(32)47/h1-27,44-45H. The maximum absolute atomic E-state index is 6.78. The first-order chi connectivity index (χ1) is 23.8. The number of furan rings is 1. The highest BCUT2D eigenvalue weighted by Gasteiger charge is 2.26. The molecule has 0 radical (unpaired) electrons. The fourth-order valence-corrected chi connectivity index (χ4v) is 7.47. The summed E-state index contributed by atoms with van der Waals surface area (Å²) in [6, 6.07) is 57.7. The molecule has 1 atom stereocenters. The van der Waals surface area contributed by atoms with Crippen LogP contribution in [0.4, 0.5) is 5.69 Å². The summed E-state index contributed by atoms with van der Waals surface area (Å²) in [6.45, 7) is 0. The van der Waals surface area contributed by atoms with Crippen molar-refractivity contribution in [2.45, 2.75) is 6.17 Å². The van der Waals surface area contributed by atoms with Crippen LogP contribution in [0.1, 0.15) is 22.9 Å². The summed E-state index contributed by atoms with van der Waals surface area (Å²) in [5.74, 6) is 0. The third-order valence-corrected chi connectivity index (χ3v) is 9.65. The van der Waals surface area contributed by atoms with Crippen LogP contribution in [0.25, 0.3) is 60.6 Å². The van der Waals surface area contributed by atoms with E-state index in [4.69, 9.17) is 9.41 Å². The van der Waals surface area contributed by atoms with Crippen LogP contribution in [0.5, 0.6) is 0 Å². The first-order valence-electron chi connectivity index (χ1n) is 16.3. The Balaban J connectivity index is 1.15. The Morgan fingerprint density at radius 1 is 0.521 bits per heavy atom. The molecule has 0 saturated carbocycles. The molecular formula is C44H29N3O. The van der Waals surface area contributed by atoms with E-state index in [1.807, 2.05) is 6.07 Å². The zero-order valence-electron chi connectivity index (χ0n) is 26.0. The van der Waals surface area contributed by atoms with E-state index >= 15 is 0 Å². The third-order valence-electron chi connectivity index (χ3n) is 9.65. The average molecular weight is 616 g/mol. The van der Waals surface area contributed by atoms with Gasteiger partial charge in [0.2, 0.25) is 0 Å². The van der Waals surface area contributed by atoms with Crippen molar-refractivity contribution >= 4 is 55.1 Å². The molecule has 1 N–H and O–H groups in total. The smallest absolute Gasteiger partial charge is 0.159 e. The number of hydrogen-bond donors (Lipinski definition) is 1. The number of benzene rings is 7. The van der Waals surface area contributed by atoms with Gasteiger partial charge in [-0.3, -0.25) is 4.99 Å². The number of rotatable bonds is 4. The van der Waals surface area contributed by atoms with E-state index in [1.54, 1.807) is 0 Å². The molecule has 0 aliphatic carbocycles. The Labute approximate surface area is 277 Å². The molecule has 0 bridgehead atoms. The Morgan fingerprint density at radius 2 is 1.15 bits per heavy atom. The van der Waals surface area contributed by atoms with Crippen molar-refractivity contribution < 1.29 is 4.42 Å². The van der Waals surface area contributed by atoms with Gasteiger partial charge in [-0.25, -0.2) is 0 Å². The van der Waals surface area contributed by atoms with Crippen LogP contribution in [0.3, 0.4) is 0 Å². The second-order valence-electron chi connectivity index (χ2n) is 12.4. The molecular weight excluding hydrogens is 587 g/mol. The molecule has 10 rings (SSSR count). The highest BCUT2D eigenvalue weighted by Crippen LogP contribution is 2.42. The van der Waals surface area contributed by atoms with E-state index in [2.05, 4.69) is 168 Å². The number of anilines is 1. The minimum atomic E-state index is -0.301. The molecule has 7 aromatic carbocycles. The molecule has 9 aromatic rings. The molecule has 1 aliphatic rings. The Hall–Kier alpha value is -6.39. The van der Waals surface area contributed by atoms with Gasteiger partial charge in [0.1, 0.15) is 11.7 Å². The van der Waals surface area contributed by atoms with E-state index in [9.17, 15) is 0 Å². The van der Waals surface area contributed by atoms with Crippen LogP contribution < -0.4 is 5.32 Å². The van der Waals surface area contributed by atoms with E-state index in [0.717, 1.165) is 66.7 Å². The fourth-order valence-electron chi connectivity index (χ4n) is 7.47. The molecule has 0 saturated heterocycles. The lowest BCUT2D eigenvalue weighted by Crippen LogP contribution is -2.20. The van der Waals surface area contributed by atoms with Gasteiger partial charge >= 0.3 is 0 Å². The largest absolute Gasteiger partial charge is 0.454 e. The minimum absolute atomic E-state index is 0.301. The summed E-state index contributed by atoms with van der Waals surface area (Å²) in [5.41, 5.74) is 12.8. The van der Waals surface area contributed by atoms with Gasteiger partial charge in [-0.05, 0) is 41.5 Å². The van der Waals surface area contributed by atoms with E-state index < -0.39 is 0 Å². The molecule has 1 aliphatic heterocycles. The first kappa shape index (κ1) is 26.8. The van der Waals surface area contributed by atoms with Crippen LogP contribution in [0, 0.1) is 0 Å². The lowest BCUT2D eigenvalue weighted by Gasteiger charge is -2.26. The van der Waals surface area contributed by atoms with Crippen molar-refractivity contribution in [3.63, 3.8) is 0 Å². The van der Waals surface area contributed by atoms with Crippen LogP contribution in [-0.2, 0) is 0 Å². The van der Waals surface area contributed by atoms with Gasteiger partial charge in [0, 0.05) is 43.9 Å². The van der Waals surface area contributed by atoms with Crippen molar-refractivity contribution in [1.29, 1.82) is 0 Å². The van der Waals surface area contributed by atoms with Crippen molar-refractivity contribution in [3.05, 3.63) is 180 Å². The monoisotopic (exact) mass is 615 g/mol. The second-order valence-corrected chi connectivity index (χ2v) is 12.4. The summed E-state index contributed by atoms with van der Waals surface area (Å²) in [5, 5.41) is 8.36. The molecule has 0 spiro atoms. The summed E-state index contributed by atoms with van der Waals surface area (Å²) in [4.78, 5) is 5.42. The molecule has 1 unspecified atom stereocenters. The molecule has 48 heavy (non-hydrogen) atoms. The van der Waals surface area contributed by atoms with Gasteiger partial charge in [-0.15, -0.1) is 0 Å². The Kier molecular flexibility index (Phi) is 5.90.